The first-order chi connectivity index (χ1) is 5.61. The van der Waals surface area contributed by atoms with Crippen molar-refractivity contribution in [3.8, 4) is 0 Å². The molecule has 1 N–H and O–H groups in total. The predicted octanol–water partition coefficient (Wildman–Crippen LogP) is 1.39. The monoisotopic (exact) mass is 191 g/mol. The minimum atomic E-state index is -0.642. The fourth-order valence-corrected chi connectivity index (χ4v) is 2.21. The topological polar surface area (TPSA) is 29.1 Å². The molecule has 12 heavy (non-hydrogen) atoms. The van der Waals surface area contributed by atoms with E-state index in [1.54, 1.807) is 0 Å². The summed E-state index contributed by atoms with van der Waals surface area (Å²) in [6.07, 6.45) is 0. The van der Waals surface area contributed by atoms with Crippen LogP contribution in [0.5, 0.6) is 0 Å². The van der Waals surface area contributed by atoms with Crippen molar-refractivity contribution in [1.29, 1.82) is 0 Å². The van der Waals surface area contributed by atoms with E-state index in [1.807, 2.05) is 6.92 Å². The Morgan fingerprint density at radius 2 is 1.92 bits per heavy atom. The zero-order valence-electron chi connectivity index (χ0n) is 8.59. The molecular formula is C9H21NOS. The molecule has 2 atom stereocenters. The van der Waals surface area contributed by atoms with Crippen molar-refractivity contribution in [3.63, 3.8) is 0 Å². The van der Waals surface area contributed by atoms with Gasteiger partial charge in [-0.15, -0.1) is 0 Å². The maximum atomic E-state index is 11.3. The van der Waals surface area contributed by atoms with Gasteiger partial charge in [-0.3, -0.25) is 4.21 Å². The molecule has 2 unspecified atom stereocenters. The normalized spacial score (nSPS) is 16.4. The Morgan fingerprint density at radius 1 is 1.33 bits per heavy atom. The van der Waals surface area contributed by atoms with Gasteiger partial charge in [-0.1, -0.05) is 27.7 Å². The Kier molecular flexibility index (Phi) is 6.67. The van der Waals surface area contributed by atoms with Crippen molar-refractivity contribution in [1.82, 2.24) is 5.32 Å². The van der Waals surface area contributed by atoms with Crippen LogP contribution >= 0.6 is 0 Å². The summed E-state index contributed by atoms with van der Waals surface area (Å²) in [5.41, 5.74) is 0. The quantitative estimate of drug-likeness (QED) is 0.687. The highest BCUT2D eigenvalue weighted by Crippen LogP contribution is 2.03. The molecule has 0 aliphatic heterocycles. The first kappa shape index (κ1) is 12.1. The zero-order chi connectivity index (χ0) is 9.56. The summed E-state index contributed by atoms with van der Waals surface area (Å²) in [6.45, 7) is 9.35. The molecule has 0 aliphatic rings. The second kappa shape index (κ2) is 6.61. The number of nitrogens with one attached hydrogen (secondary N) is 1. The molecule has 0 heterocycles. The second-order valence-corrected chi connectivity index (χ2v) is 5.09. The summed E-state index contributed by atoms with van der Waals surface area (Å²) in [5.74, 6) is 2.14. The lowest BCUT2D eigenvalue weighted by molar-refractivity contribution is 0.440. The van der Waals surface area contributed by atoms with Crippen molar-refractivity contribution in [2.75, 3.05) is 18.1 Å². The zero-order valence-corrected chi connectivity index (χ0v) is 9.41. The summed E-state index contributed by atoms with van der Waals surface area (Å²) in [6, 6.07) is 0.413. The van der Waals surface area contributed by atoms with Crippen LogP contribution in [-0.4, -0.2) is 28.3 Å². The van der Waals surface area contributed by atoms with Crippen LogP contribution in [0.4, 0.5) is 0 Å². The third kappa shape index (κ3) is 4.88. The first-order valence-electron chi connectivity index (χ1n) is 4.70. The Bertz CT molecular complexity index is 136. The maximum Gasteiger partial charge on any atom is 0.0391 e. The molecule has 0 bridgehead atoms. The molecule has 3 heteroatoms. The molecule has 0 aliphatic carbocycles. The largest absolute Gasteiger partial charge is 0.313 e. The van der Waals surface area contributed by atoms with Gasteiger partial charge in [0.15, 0.2) is 0 Å². The number of hydrogen-bond acceptors (Lipinski definition) is 2. The molecular weight excluding hydrogens is 170 g/mol. The van der Waals surface area contributed by atoms with Crippen LogP contribution in [0.1, 0.15) is 27.7 Å². The highest BCUT2D eigenvalue weighted by Gasteiger charge is 2.13. The van der Waals surface area contributed by atoms with Gasteiger partial charge in [-0.05, 0) is 12.5 Å². The SMILES string of the molecule is CCNC(CS(=O)CC)C(C)C. The average molecular weight is 191 g/mol. The third-order valence-electron chi connectivity index (χ3n) is 1.96. The lowest BCUT2D eigenvalue weighted by Crippen LogP contribution is -2.38. The predicted molar refractivity (Wildman–Crippen MR) is 55.9 cm³/mol. The van der Waals surface area contributed by atoms with Gasteiger partial charge < -0.3 is 5.32 Å². The molecule has 0 fully saturated rings. The van der Waals surface area contributed by atoms with Crippen LogP contribution < -0.4 is 5.32 Å². The van der Waals surface area contributed by atoms with Crippen LogP contribution in [0, 0.1) is 5.92 Å². The Morgan fingerprint density at radius 3 is 2.25 bits per heavy atom. The Hall–Kier alpha value is 0.110. The van der Waals surface area contributed by atoms with Crippen LogP contribution in [0.3, 0.4) is 0 Å². The fourth-order valence-electron chi connectivity index (χ4n) is 1.07. The summed E-state index contributed by atoms with van der Waals surface area (Å²) in [5, 5.41) is 3.35. The van der Waals surface area contributed by atoms with Gasteiger partial charge >= 0.3 is 0 Å². The van der Waals surface area contributed by atoms with E-state index in [2.05, 4.69) is 26.1 Å². The smallest absolute Gasteiger partial charge is 0.0391 e. The lowest BCUT2D eigenvalue weighted by atomic mass is 10.1. The van der Waals surface area contributed by atoms with E-state index in [-0.39, 0.29) is 0 Å². The van der Waals surface area contributed by atoms with Gasteiger partial charge in [0.1, 0.15) is 0 Å². The molecule has 0 amide bonds. The van der Waals surface area contributed by atoms with E-state index in [4.69, 9.17) is 0 Å². The molecule has 74 valence electrons. The average Bonchev–Trinajstić information content (AvgIpc) is 2.03. The summed E-state index contributed by atoms with van der Waals surface area (Å²) in [7, 11) is -0.642. The van der Waals surface area contributed by atoms with Gasteiger partial charge in [0.2, 0.25) is 0 Å². The summed E-state index contributed by atoms with van der Waals surface area (Å²) >= 11 is 0. The van der Waals surface area contributed by atoms with Crippen LogP contribution in [0.25, 0.3) is 0 Å². The molecule has 0 saturated heterocycles. The fraction of sp³-hybridized carbons (Fsp3) is 1.00. The summed E-state index contributed by atoms with van der Waals surface area (Å²) in [4.78, 5) is 0. The van der Waals surface area contributed by atoms with Crippen LogP contribution in [0.2, 0.25) is 0 Å². The van der Waals surface area contributed by atoms with E-state index in [0.29, 0.717) is 12.0 Å². The molecule has 2 nitrogen and oxygen atoms in total. The van der Waals surface area contributed by atoms with Gasteiger partial charge in [0.25, 0.3) is 0 Å². The molecule has 0 rings (SSSR count). The Balaban J connectivity index is 3.86. The van der Waals surface area contributed by atoms with Crippen molar-refractivity contribution >= 4 is 10.8 Å². The molecule has 0 aromatic rings. The summed E-state index contributed by atoms with van der Waals surface area (Å²) < 4.78 is 11.3. The maximum absolute atomic E-state index is 11.3. The van der Waals surface area contributed by atoms with Crippen molar-refractivity contribution in [2.24, 2.45) is 5.92 Å². The molecule has 0 radical (unpaired) electrons. The van der Waals surface area contributed by atoms with Crippen molar-refractivity contribution < 1.29 is 4.21 Å². The number of rotatable bonds is 6. The minimum Gasteiger partial charge on any atom is -0.313 e. The van der Waals surface area contributed by atoms with Gasteiger partial charge in [0.05, 0.1) is 0 Å². The van der Waals surface area contributed by atoms with Crippen molar-refractivity contribution in [2.45, 2.75) is 33.7 Å². The van der Waals surface area contributed by atoms with Crippen molar-refractivity contribution in [3.05, 3.63) is 0 Å². The van der Waals surface area contributed by atoms with E-state index in [1.165, 1.54) is 0 Å². The van der Waals surface area contributed by atoms with E-state index in [9.17, 15) is 4.21 Å². The molecule has 0 aromatic carbocycles. The standard InChI is InChI=1S/C9H21NOS/c1-5-10-9(8(3)4)7-12(11)6-2/h8-10H,5-7H2,1-4H3. The second-order valence-electron chi connectivity index (χ2n) is 3.30. The van der Waals surface area contributed by atoms with Gasteiger partial charge in [-0.2, -0.15) is 0 Å². The Labute approximate surface area is 78.6 Å². The van der Waals surface area contributed by atoms with Gasteiger partial charge in [0, 0.05) is 28.3 Å². The lowest BCUT2D eigenvalue weighted by Gasteiger charge is -2.20. The minimum absolute atomic E-state index is 0.413. The molecule has 0 aromatic heterocycles. The van der Waals surface area contributed by atoms with E-state index in [0.717, 1.165) is 18.1 Å². The van der Waals surface area contributed by atoms with Gasteiger partial charge in [-0.25, -0.2) is 0 Å². The highest BCUT2D eigenvalue weighted by molar-refractivity contribution is 7.84. The molecule has 0 spiro atoms. The van der Waals surface area contributed by atoms with E-state index < -0.39 is 10.8 Å². The van der Waals surface area contributed by atoms with E-state index >= 15 is 0 Å². The molecule has 0 saturated carbocycles. The third-order valence-corrected chi connectivity index (χ3v) is 3.33. The van der Waals surface area contributed by atoms with Crippen LogP contribution in [-0.2, 0) is 10.8 Å². The first-order valence-corrected chi connectivity index (χ1v) is 6.18. The number of hydrogen-bond donors (Lipinski definition) is 1. The van der Waals surface area contributed by atoms with Crippen LogP contribution in [0.15, 0.2) is 0 Å². The highest BCUT2D eigenvalue weighted by atomic mass is 32.2.